The van der Waals surface area contributed by atoms with Crippen molar-refractivity contribution in [2.24, 2.45) is 5.92 Å². The highest BCUT2D eigenvalue weighted by atomic mass is 16.4. The van der Waals surface area contributed by atoms with Crippen LogP contribution in [0.3, 0.4) is 0 Å². The summed E-state index contributed by atoms with van der Waals surface area (Å²) in [6, 6.07) is -1.33. The van der Waals surface area contributed by atoms with Gasteiger partial charge >= 0.3 is 12.0 Å². The average molecular weight is 258 g/mol. The third-order valence-electron chi connectivity index (χ3n) is 3.40. The van der Waals surface area contributed by atoms with E-state index in [0.29, 0.717) is 12.5 Å². The molecule has 0 heterocycles. The van der Waals surface area contributed by atoms with Crippen LogP contribution in [-0.2, 0) is 4.79 Å². The molecule has 0 aliphatic heterocycles. The molecule has 18 heavy (non-hydrogen) atoms. The second-order valence-electron chi connectivity index (χ2n) is 4.81. The molecule has 1 atom stereocenters. The summed E-state index contributed by atoms with van der Waals surface area (Å²) in [5.74, 6) is -0.387. The van der Waals surface area contributed by atoms with Gasteiger partial charge in [-0.05, 0) is 19.3 Å². The van der Waals surface area contributed by atoms with E-state index >= 15 is 0 Å². The van der Waals surface area contributed by atoms with Gasteiger partial charge in [0.1, 0.15) is 6.04 Å². The highest BCUT2D eigenvalue weighted by molar-refractivity contribution is 5.82. The number of hydrogen-bond donors (Lipinski definition) is 3. The first-order valence-corrected chi connectivity index (χ1v) is 6.43. The van der Waals surface area contributed by atoms with Crippen molar-refractivity contribution in [1.82, 2.24) is 10.2 Å². The third kappa shape index (κ3) is 4.52. The molecule has 0 aromatic carbocycles. The van der Waals surface area contributed by atoms with E-state index < -0.39 is 18.0 Å². The van der Waals surface area contributed by atoms with Crippen molar-refractivity contribution in [1.29, 1.82) is 0 Å². The van der Waals surface area contributed by atoms with E-state index in [4.69, 9.17) is 10.2 Å². The number of carbonyl (C=O) groups is 2. The van der Waals surface area contributed by atoms with Crippen LogP contribution in [0.4, 0.5) is 4.79 Å². The van der Waals surface area contributed by atoms with Crippen LogP contribution < -0.4 is 5.32 Å². The van der Waals surface area contributed by atoms with Crippen LogP contribution in [-0.4, -0.2) is 52.9 Å². The molecule has 0 radical (unpaired) electrons. The van der Waals surface area contributed by atoms with Crippen LogP contribution >= 0.6 is 0 Å². The SMILES string of the molecule is C[C@H](NC(=O)N(CCO)CCC1CCC1)C(=O)O. The third-order valence-corrected chi connectivity index (χ3v) is 3.40. The Morgan fingerprint density at radius 3 is 2.50 bits per heavy atom. The lowest BCUT2D eigenvalue weighted by atomic mass is 9.83. The second kappa shape index (κ2) is 7.20. The quantitative estimate of drug-likeness (QED) is 0.625. The average Bonchev–Trinajstić information content (AvgIpc) is 2.25. The fourth-order valence-corrected chi connectivity index (χ4v) is 1.89. The fraction of sp³-hybridized carbons (Fsp3) is 0.833. The summed E-state index contributed by atoms with van der Waals surface area (Å²) in [6.45, 7) is 2.12. The topological polar surface area (TPSA) is 89.9 Å². The van der Waals surface area contributed by atoms with E-state index in [1.807, 2.05) is 0 Å². The largest absolute Gasteiger partial charge is 0.480 e. The first-order valence-electron chi connectivity index (χ1n) is 6.43. The van der Waals surface area contributed by atoms with Crippen LogP contribution in [0, 0.1) is 5.92 Å². The molecule has 1 aliphatic carbocycles. The Kier molecular flexibility index (Phi) is 5.91. The summed E-state index contributed by atoms with van der Waals surface area (Å²) in [7, 11) is 0. The Balaban J connectivity index is 2.37. The van der Waals surface area contributed by atoms with Crippen LogP contribution in [0.25, 0.3) is 0 Å². The maximum absolute atomic E-state index is 11.8. The molecule has 0 bridgehead atoms. The standard InChI is InChI=1S/C12H22N2O4/c1-9(11(16)17)13-12(18)14(7-8-15)6-5-10-3-2-4-10/h9-10,15H,2-8H2,1H3,(H,13,18)(H,16,17)/t9-/m0/s1. The molecule has 0 unspecified atom stereocenters. The van der Waals surface area contributed by atoms with Crippen molar-refractivity contribution in [3.63, 3.8) is 0 Å². The van der Waals surface area contributed by atoms with Gasteiger partial charge in [0.25, 0.3) is 0 Å². The highest BCUT2D eigenvalue weighted by Gasteiger charge is 2.22. The summed E-state index contributed by atoms with van der Waals surface area (Å²) < 4.78 is 0. The summed E-state index contributed by atoms with van der Waals surface area (Å²) >= 11 is 0. The molecule has 104 valence electrons. The molecular formula is C12H22N2O4. The van der Waals surface area contributed by atoms with Gasteiger partial charge in [-0.25, -0.2) is 4.79 Å². The summed E-state index contributed by atoms with van der Waals surface area (Å²) in [5.41, 5.74) is 0. The van der Waals surface area contributed by atoms with Crippen LogP contribution in [0.15, 0.2) is 0 Å². The van der Waals surface area contributed by atoms with E-state index in [-0.39, 0.29) is 13.2 Å². The molecule has 1 rings (SSSR count). The van der Waals surface area contributed by atoms with Gasteiger partial charge in [0, 0.05) is 13.1 Å². The fourth-order valence-electron chi connectivity index (χ4n) is 1.89. The van der Waals surface area contributed by atoms with Gasteiger partial charge < -0.3 is 20.4 Å². The van der Waals surface area contributed by atoms with Gasteiger partial charge in [-0.1, -0.05) is 19.3 Å². The Morgan fingerprint density at radius 2 is 2.06 bits per heavy atom. The number of carboxylic acids is 1. The minimum absolute atomic E-state index is 0.112. The molecule has 6 nitrogen and oxygen atoms in total. The zero-order valence-electron chi connectivity index (χ0n) is 10.8. The van der Waals surface area contributed by atoms with E-state index in [2.05, 4.69) is 5.32 Å². The molecule has 0 aromatic heterocycles. The van der Waals surface area contributed by atoms with E-state index in [1.54, 1.807) is 0 Å². The van der Waals surface area contributed by atoms with Gasteiger partial charge in [-0.15, -0.1) is 0 Å². The molecule has 6 heteroatoms. The lowest BCUT2D eigenvalue weighted by Gasteiger charge is -2.29. The van der Waals surface area contributed by atoms with Gasteiger partial charge in [0.05, 0.1) is 6.61 Å². The summed E-state index contributed by atoms with van der Waals surface area (Å²) in [4.78, 5) is 23.9. The normalized spacial score (nSPS) is 16.8. The Bertz CT molecular complexity index is 292. The number of aliphatic hydroxyl groups excluding tert-OH is 1. The molecule has 1 aliphatic rings. The summed E-state index contributed by atoms with van der Waals surface area (Å²) in [6.07, 6.45) is 4.60. The second-order valence-corrected chi connectivity index (χ2v) is 4.81. The van der Waals surface area contributed by atoms with Gasteiger partial charge in [0.2, 0.25) is 0 Å². The molecule has 0 saturated heterocycles. The van der Waals surface area contributed by atoms with Gasteiger partial charge in [-0.3, -0.25) is 4.79 Å². The number of aliphatic carboxylic acids is 1. The molecule has 1 saturated carbocycles. The maximum atomic E-state index is 11.8. The van der Waals surface area contributed by atoms with Crippen molar-refractivity contribution in [2.75, 3.05) is 19.7 Å². The predicted molar refractivity (Wildman–Crippen MR) is 66.2 cm³/mol. The van der Waals surface area contributed by atoms with Crippen LogP contribution in [0.1, 0.15) is 32.6 Å². The monoisotopic (exact) mass is 258 g/mol. The Morgan fingerprint density at radius 1 is 1.39 bits per heavy atom. The van der Waals surface area contributed by atoms with Crippen molar-refractivity contribution < 1.29 is 19.8 Å². The number of amides is 2. The zero-order chi connectivity index (χ0) is 13.5. The number of hydrogen-bond acceptors (Lipinski definition) is 3. The number of carboxylic acid groups (broad SMARTS) is 1. The van der Waals surface area contributed by atoms with E-state index in [9.17, 15) is 9.59 Å². The molecule has 0 aromatic rings. The first kappa shape index (κ1) is 14.8. The number of rotatable bonds is 7. The van der Waals surface area contributed by atoms with Crippen molar-refractivity contribution in [3.05, 3.63) is 0 Å². The smallest absolute Gasteiger partial charge is 0.325 e. The van der Waals surface area contributed by atoms with E-state index in [0.717, 1.165) is 6.42 Å². The minimum Gasteiger partial charge on any atom is -0.480 e. The van der Waals surface area contributed by atoms with Crippen molar-refractivity contribution >= 4 is 12.0 Å². The van der Waals surface area contributed by atoms with Crippen molar-refractivity contribution in [2.45, 2.75) is 38.6 Å². The number of carbonyl (C=O) groups excluding carboxylic acids is 1. The van der Waals surface area contributed by atoms with Gasteiger partial charge in [-0.2, -0.15) is 0 Å². The van der Waals surface area contributed by atoms with E-state index in [1.165, 1.54) is 31.1 Å². The van der Waals surface area contributed by atoms with Crippen LogP contribution in [0.2, 0.25) is 0 Å². The number of nitrogens with zero attached hydrogens (tertiary/aromatic N) is 1. The predicted octanol–water partition coefficient (Wildman–Crippen LogP) is 0.654. The molecule has 1 fully saturated rings. The molecular weight excluding hydrogens is 236 g/mol. The maximum Gasteiger partial charge on any atom is 0.325 e. The Hall–Kier alpha value is -1.30. The lowest BCUT2D eigenvalue weighted by Crippen LogP contribution is -2.48. The Labute approximate surface area is 107 Å². The summed E-state index contributed by atoms with van der Waals surface area (Å²) in [5, 5.41) is 20.1. The number of urea groups is 1. The van der Waals surface area contributed by atoms with Crippen LogP contribution in [0.5, 0.6) is 0 Å². The number of aliphatic hydroxyl groups is 1. The first-order chi connectivity index (χ1) is 8.54. The number of nitrogens with one attached hydrogen (secondary N) is 1. The van der Waals surface area contributed by atoms with Gasteiger partial charge in [0.15, 0.2) is 0 Å². The molecule has 3 N–H and O–H groups in total. The zero-order valence-corrected chi connectivity index (χ0v) is 10.8. The lowest BCUT2D eigenvalue weighted by molar-refractivity contribution is -0.138. The molecule has 0 spiro atoms. The minimum atomic E-state index is -1.06. The molecule has 2 amide bonds. The highest BCUT2D eigenvalue weighted by Crippen LogP contribution is 2.29. The van der Waals surface area contributed by atoms with Crippen molar-refractivity contribution in [3.8, 4) is 0 Å².